The number of azo groups is 1. The van der Waals surface area contributed by atoms with E-state index in [-0.39, 0.29) is 10.9 Å². The topological polar surface area (TPSA) is 50.7 Å². The van der Waals surface area contributed by atoms with Crippen LogP contribution in [0.5, 0.6) is 0 Å². The fourth-order valence-electron chi connectivity index (χ4n) is 0.592. The molecule has 0 aromatic heterocycles. The van der Waals surface area contributed by atoms with Crippen LogP contribution in [0.25, 0.3) is 0 Å². The van der Waals surface area contributed by atoms with Crippen LogP contribution in [0.15, 0.2) is 10.2 Å². The molecule has 0 radical (unpaired) electrons. The van der Waals surface area contributed by atoms with Crippen LogP contribution in [0, 0.1) is 0 Å². The van der Waals surface area contributed by atoms with Crippen molar-refractivity contribution in [3.8, 4) is 0 Å². The highest BCUT2D eigenvalue weighted by molar-refractivity contribution is 8.00. The number of nitrogens with zero attached hydrogens (tertiary/aromatic N) is 2. The minimum atomic E-state index is -0.121. The fourth-order valence-corrected chi connectivity index (χ4v) is 1.31. The zero-order valence-electron chi connectivity index (χ0n) is 8.37. The molecular weight excluding hydrogens is 170 g/mol. The molecule has 0 fully saturated rings. The summed E-state index contributed by atoms with van der Waals surface area (Å²) in [4.78, 5) is -0.121. The summed E-state index contributed by atoms with van der Waals surface area (Å²) >= 11 is 1.74. The summed E-state index contributed by atoms with van der Waals surface area (Å²) in [5, 5.41) is 8.34. The van der Waals surface area contributed by atoms with Gasteiger partial charge in [0.1, 0.15) is 4.87 Å². The van der Waals surface area contributed by atoms with Crippen molar-refractivity contribution < 1.29 is 0 Å². The van der Waals surface area contributed by atoms with Crippen molar-refractivity contribution in [2.24, 2.45) is 16.0 Å². The Balaban J connectivity index is 3.85. The molecule has 0 unspecified atom stereocenters. The molecule has 0 aromatic rings. The first-order chi connectivity index (χ1) is 5.48. The molecule has 0 aromatic carbocycles. The molecule has 72 valence electrons. The SMILES string of the molecule is CC(C)/N=N/C(C)(C)SCCN. The first kappa shape index (κ1) is 11.9. The predicted octanol–water partition coefficient (Wildman–Crippen LogP) is 2.27. The molecular formula is C8H19N3S. The van der Waals surface area contributed by atoms with Gasteiger partial charge in [-0.3, -0.25) is 0 Å². The second-order valence-corrected chi connectivity index (χ2v) is 5.09. The molecule has 0 bridgehead atoms. The maximum absolute atomic E-state index is 5.40. The Morgan fingerprint density at radius 2 is 2.00 bits per heavy atom. The van der Waals surface area contributed by atoms with Gasteiger partial charge >= 0.3 is 0 Å². The monoisotopic (exact) mass is 189 g/mol. The van der Waals surface area contributed by atoms with Gasteiger partial charge in [-0.05, 0) is 27.7 Å². The van der Waals surface area contributed by atoms with Crippen LogP contribution in [0.2, 0.25) is 0 Å². The van der Waals surface area contributed by atoms with Crippen molar-refractivity contribution >= 4 is 11.8 Å². The fraction of sp³-hybridized carbons (Fsp3) is 1.00. The number of nitrogens with two attached hydrogens (primary N) is 1. The third kappa shape index (κ3) is 6.61. The Morgan fingerprint density at radius 3 is 2.42 bits per heavy atom. The second kappa shape index (κ2) is 5.54. The number of rotatable bonds is 5. The Kier molecular flexibility index (Phi) is 5.50. The third-order valence-electron chi connectivity index (χ3n) is 1.10. The van der Waals surface area contributed by atoms with Crippen LogP contribution in [0.3, 0.4) is 0 Å². The summed E-state index contributed by atoms with van der Waals surface area (Å²) in [6.45, 7) is 8.85. The normalized spacial score (nSPS) is 13.2. The van der Waals surface area contributed by atoms with E-state index < -0.39 is 0 Å². The van der Waals surface area contributed by atoms with Gasteiger partial charge in [-0.15, -0.1) is 11.8 Å². The van der Waals surface area contributed by atoms with E-state index in [4.69, 9.17) is 5.73 Å². The minimum absolute atomic E-state index is 0.121. The van der Waals surface area contributed by atoms with Crippen LogP contribution in [0.4, 0.5) is 0 Å². The molecule has 0 saturated heterocycles. The van der Waals surface area contributed by atoms with E-state index in [2.05, 4.69) is 24.1 Å². The quantitative estimate of drug-likeness (QED) is 0.674. The van der Waals surface area contributed by atoms with Crippen molar-refractivity contribution in [3.05, 3.63) is 0 Å². The predicted molar refractivity (Wildman–Crippen MR) is 55.6 cm³/mol. The van der Waals surface area contributed by atoms with Gasteiger partial charge in [0.25, 0.3) is 0 Å². The highest BCUT2D eigenvalue weighted by Gasteiger charge is 2.16. The molecule has 0 aliphatic carbocycles. The van der Waals surface area contributed by atoms with Gasteiger partial charge in [-0.2, -0.15) is 10.2 Å². The molecule has 0 heterocycles. The standard InChI is InChI=1S/C8H19N3S/c1-7(2)10-11-8(3,4)12-6-5-9/h7H,5-6,9H2,1-4H3/b11-10+. The highest BCUT2D eigenvalue weighted by atomic mass is 32.2. The Labute approximate surface area is 79.2 Å². The number of hydrogen-bond acceptors (Lipinski definition) is 4. The van der Waals surface area contributed by atoms with Crippen LogP contribution >= 0.6 is 11.8 Å². The molecule has 0 amide bonds. The molecule has 0 saturated carbocycles. The summed E-state index contributed by atoms with van der Waals surface area (Å²) in [6.07, 6.45) is 0. The third-order valence-corrected chi connectivity index (χ3v) is 2.33. The Bertz CT molecular complexity index is 143. The van der Waals surface area contributed by atoms with Crippen LogP contribution in [0.1, 0.15) is 27.7 Å². The van der Waals surface area contributed by atoms with Crippen molar-refractivity contribution in [3.63, 3.8) is 0 Å². The largest absolute Gasteiger partial charge is 0.330 e. The lowest BCUT2D eigenvalue weighted by Gasteiger charge is -2.17. The summed E-state index contributed by atoms with van der Waals surface area (Å²) in [5.74, 6) is 0.935. The van der Waals surface area contributed by atoms with E-state index in [1.807, 2.05) is 13.8 Å². The summed E-state index contributed by atoms with van der Waals surface area (Å²) in [7, 11) is 0. The van der Waals surface area contributed by atoms with E-state index in [1.54, 1.807) is 11.8 Å². The Hall–Kier alpha value is -0.0900. The zero-order chi connectivity index (χ0) is 9.61. The lowest BCUT2D eigenvalue weighted by Crippen LogP contribution is -2.14. The van der Waals surface area contributed by atoms with Crippen molar-refractivity contribution in [1.82, 2.24) is 0 Å². The van der Waals surface area contributed by atoms with Crippen LogP contribution in [-0.4, -0.2) is 23.2 Å². The van der Waals surface area contributed by atoms with Gasteiger partial charge in [0.2, 0.25) is 0 Å². The maximum atomic E-state index is 5.40. The van der Waals surface area contributed by atoms with Crippen molar-refractivity contribution in [2.45, 2.75) is 38.6 Å². The molecule has 0 spiro atoms. The lowest BCUT2D eigenvalue weighted by molar-refractivity contribution is 0.641. The summed E-state index contributed by atoms with van der Waals surface area (Å²) in [5.41, 5.74) is 5.40. The van der Waals surface area contributed by atoms with Gasteiger partial charge < -0.3 is 5.73 Å². The van der Waals surface area contributed by atoms with Crippen LogP contribution in [-0.2, 0) is 0 Å². The smallest absolute Gasteiger partial charge is 0.121 e. The van der Waals surface area contributed by atoms with E-state index >= 15 is 0 Å². The van der Waals surface area contributed by atoms with Gasteiger partial charge in [-0.1, -0.05) is 0 Å². The molecule has 12 heavy (non-hydrogen) atoms. The van der Waals surface area contributed by atoms with Gasteiger partial charge in [-0.25, -0.2) is 0 Å². The zero-order valence-corrected chi connectivity index (χ0v) is 9.19. The molecule has 4 heteroatoms. The average Bonchev–Trinajstić information content (AvgIpc) is 1.98. The van der Waals surface area contributed by atoms with Crippen LogP contribution < -0.4 is 5.73 Å². The Morgan fingerprint density at radius 1 is 1.42 bits per heavy atom. The molecule has 0 aliphatic rings. The molecule has 0 aliphatic heterocycles. The van der Waals surface area contributed by atoms with Crippen molar-refractivity contribution in [1.29, 1.82) is 0 Å². The molecule has 3 nitrogen and oxygen atoms in total. The van der Waals surface area contributed by atoms with E-state index in [9.17, 15) is 0 Å². The molecule has 0 atom stereocenters. The lowest BCUT2D eigenvalue weighted by atomic mass is 10.4. The molecule has 2 N–H and O–H groups in total. The summed E-state index contributed by atoms with van der Waals surface area (Å²) in [6, 6.07) is 0.280. The van der Waals surface area contributed by atoms with E-state index in [0.717, 1.165) is 5.75 Å². The van der Waals surface area contributed by atoms with E-state index in [0.29, 0.717) is 6.54 Å². The second-order valence-electron chi connectivity index (χ2n) is 3.39. The first-order valence-corrected chi connectivity index (χ1v) is 5.22. The first-order valence-electron chi connectivity index (χ1n) is 4.24. The highest BCUT2D eigenvalue weighted by Crippen LogP contribution is 2.25. The van der Waals surface area contributed by atoms with Gasteiger partial charge in [0.15, 0.2) is 0 Å². The number of hydrogen-bond donors (Lipinski definition) is 1. The molecule has 0 rings (SSSR count). The average molecular weight is 189 g/mol. The minimum Gasteiger partial charge on any atom is -0.330 e. The van der Waals surface area contributed by atoms with Crippen molar-refractivity contribution in [2.75, 3.05) is 12.3 Å². The maximum Gasteiger partial charge on any atom is 0.121 e. The summed E-state index contributed by atoms with van der Waals surface area (Å²) < 4.78 is 0. The number of thioether (sulfide) groups is 1. The van der Waals surface area contributed by atoms with Gasteiger partial charge in [0, 0.05) is 12.3 Å². The van der Waals surface area contributed by atoms with E-state index in [1.165, 1.54) is 0 Å². The van der Waals surface area contributed by atoms with Gasteiger partial charge in [0.05, 0.1) is 6.04 Å².